The second kappa shape index (κ2) is 7.19. The summed E-state index contributed by atoms with van der Waals surface area (Å²) < 4.78 is 16.8. The smallest absolute Gasteiger partial charge is 0.341 e. The molecule has 30 heavy (non-hydrogen) atoms. The quantitative estimate of drug-likeness (QED) is 0.809. The molecule has 0 spiro atoms. The molecule has 1 N–H and O–H groups in total. The normalized spacial score (nSPS) is 18.1. The zero-order chi connectivity index (χ0) is 21.8. The van der Waals surface area contributed by atoms with Crippen LogP contribution < -0.4 is 10.3 Å². The molecule has 2 aromatic rings. The van der Waals surface area contributed by atoms with Gasteiger partial charge in [0.1, 0.15) is 17.2 Å². The maximum Gasteiger partial charge on any atom is 0.341 e. The second-order valence-corrected chi connectivity index (χ2v) is 8.73. The highest BCUT2D eigenvalue weighted by Crippen LogP contribution is 2.38. The molecule has 8 heteroatoms. The van der Waals surface area contributed by atoms with E-state index in [9.17, 15) is 19.5 Å². The maximum absolute atomic E-state index is 15.0. The van der Waals surface area contributed by atoms with Gasteiger partial charge in [-0.3, -0.25) is 14.5 Å². The summed E-state index contributed by atoms with van der Waals surface area (Å²) in [4.78, 5) is 40.1. The Morgan fingerprint density at radius 2 is 1.77 bits per heavy atom. The first-order valence-corrected chi connectivity index (χ1v) is 10.2. The lowest BCUT2D eigenvalue weighted by Gasteiger charge is -2.43. The molecule has 2 heterocycles. The molecule has 0 amide bonds. The molecule has 1 saturated heterocycles. The Balaban J connectivity index is 1.71. The highest BCUT2D eigenvalue weighted by molar-refractivity contribution is 5.93. The summed E-state index contributed by atoms with van der Waals surface area (Å²) in [6.07, 6.45) is 3.20. The highest BCUT2D eigenvalue weighted by atomic mass is 19.1. The average molecular weight is 415 g/mol. The summed E-state index contributed by atoms with van der Waals surface area (Å²) in [7, 11) is 0. The number of piperazine rings is 1. The van der Waals surface area contributed by atoms with Crippen molar-refractivity contribution in [2.45, 2.75) is 45.2 Å². The van der Waals surface area contributed by atoms with Gasteiger partial charge in [0, 0.05) is 43.8 Å². The fraction of sp³-hybridized carbons (Fsp3) is 0.500. The van der Waals surface area contributed by atoms with Crippen LogP contribution in [0.2, 0.25) is 0 Å². The van der Waals surface area contributed by atoms with E-state index in [1.54, 1.807) is 17.6 Å². The lowest BCUT2D eigenvalue weighted by atomic mass is 9.96. The molecule has 1 aliphatic heterocycles. The topological polar surface area (TPSA) is 82.8 Å². The van der Waals surface area contributed by atoms with Crippen molar-refractivity contribution in [3.63, 3.8) is 0 Å². The first-order chi connectivity index (χ1) is 14.1. The zero-order valence-corrected chi connectivity index (χ0v) is 17.4. The molecular formula is C22H26FN3O4. The van der Waals surface area contributed by atoms with Crippen LogP contribution in [0.15, 0.2) is 23.1 Å². The third kappa shape index (κ3) is 3.39. The summed E-state index contributed by atoms with van der Waals surface area (Å²) >= 11 is 0. The largest absolute Gasteiger partial charge is 0.477 e. The van der Waals surface area contributed by atoms with Crippen LogP contribution in [-0.4, -0.2) is 58.0 Å². The lowest BCUT2D eigenvalue weighted by Crippen LogP contribution is -2.57. The Labute approximate surface area is 173 Å². The predicted octanol–water partition coefficient (Wildman–Crippen LogP) is 2.66. The van der Waals surface area contributed by atoms with Gasteiger partial charge in [-0.2, -0.15) is 0 Å². The van der Waals surface area contributed by atoms with Crippen LogP contribution in [-0.2, 0) is 4.79 Å². The molecule has 1 aliphatic carbocycles. The number of ketones is 1. The van der Waals surface area contributed by atoms with E-state index >= 15 is 4.39 Å². The second-order valence-electron chi connectivity index (χ2n) is 8.73. The molecular weight excluding hydrogens is 389 g/mol. The van der Waals surface area contributed by atoms with Gasteiger partial charge >= 0.3 is 5.97 Å². The Morgan fingerprint density at radius 1 is 1.13 bits per heavy atom. The molecule has 0 radical (unpaired) electrons. The van der Waals surface area contributed by atoms with Crippen molar-refractivity contribution in [3.8, 4) is 0 Å². The monoisotopic (exact) mass is 415 g/mol. The molecule has 7 nitrogen and oxygen atoms in total. The number of carboxylic acids is 1. The van der Waals surface area contributed by atoms with Crippen molar-refractivity contribution in [2.75, 3.05) is 31.1 Å². The number of pyridine rings is 1. The van der Waals surface area contributed by atoms with E-state index in [1.807, 2.05) is 18.7 Å². The number of benzene rings is 1. The first-order valence-electron chi connectivity index (χ1n) is 10.2. The Kier molecular flexibility index (Phi) is 4.92. The Morgan fingerprint density at radius 3 is 2.30 bits per heavy atom. The van der Waals surface area contributed by atoms with Gasteiger partial charge < -0.3 is 14.6 Å². The van der Waals surface area contributed by atoms with Crippen molar-refractivity contribution in [1.29, 1.82) is 0 Å². The number of aromatic nitrogens is 1. The molecule has 1 saturated carbocycles. The number of halogens is 1. The van der Waals surface area contributed by atoms with Crippen molar-refractivity contribution in [1.82, 2.24) is 9.47 Å². The van der Waals surface area contributed by atoms with Crippen molar-refractivity contribution < 1.29 is 19.1 Å². The van der Waals surface area contributed by atoms with Crippen LogP contribution in [0.1, 0.15) is 50.0 Å². The number of anilines is 1. The van der Waals surface area contributed by atoms with Crippen molar-refractivity contribution in [2.24, 2.45) is 0 Å². The fourth-order valence-corrected chi connectivity index (χ4v) is 4.14. The van der Waals surface area contributed by atoms with Gasteiger partial charge in [-0.05, 0) is 45.7 Å². The van der Waals surface area contributed by atoms with Gasteiger partial charge in [-0.1, -0.05) is 0 Å². The summed E-state index contributed by atoms with van der Waals surface area (Å²) in [6, 6.07) is 2.98. The van der Waals surface area contributed by atoms with Crippen LogP contribution in [0.5, 0.6) is 0 Å². The van der Waals surface area contributed by atoms with Gasteiger partial charge in [-0.15, -0.1) is 0 Å². The molecule has 2 aliphatic rings. The molecule has 1 aromatic carbocycles. The first kappa shape index (κ1) is 20.5. The highest BCUT2D eigenvalue weighted by Gasteiger charge is 2.34. The summed E-state index contributed by atoms with van der Waals surface area (Å²) in [5.41, 5.74) is -0.585. The number of hydrogen-bond donors (Lipinski definition) is 1. The molecule has 1 aromatic heterocycles. The number of nitrogens with zero attached hydrogens (tertiary/aromatic N) is 3. The maximum atomic E-state index is 15.0. The van der Waals surface area contributed by atoms with Crippen molar-refractivity contribution in [3.05, 3.63) is 39.9 Å². The molecule has 0 bridgehead atoms. The number of Topliss-reactive ketones (excluding diaryl/α,β-unsaturated/α-hetero) is 1. The van der Waals surface area contributed by atoms with E-state index < -0.39 is 22.8 Å². The van der Waals surface area contributed by atoms with E-state index in [0.29, 0.717) is 37.4 Å². The SMILES string of the molecule is CC(=O)C(C)(C)N1CCN(c2cc3c(cc2F)c(=O)c(C(=O)O)cn3C2CC2)CC1. The fourth-order valence-electron chi connectivity index (χ4n) is 4.14. The average Bonchev–Trinajstić information content (AvgIpc) is 3.53. The Bertz CT molecular complexity index is 1100. The number of aromatic carboxylic acids is 1. The molecule has 160 valence electrons. The minimum absolute atomic E-state index is 0.0931. The zero-order valence-electron chi connectivity index (χ0n) is 17.4. The van der Waals surface area contributed by atoms with Gasteiger partial charge in [0.25, 0.3) is 0 Å². The standard InChI is InChI=1S/C22H26FN3O4/c1-13(27)22(2,3)25-8-6-24(7-9-25)19-11-18-15(10-17(19)23)20(28)16(21(29)30)12-26(18)14-4-5-14/h10-12,14H,4-9H2,1-3H3,(H,29,30). The third-order valence-corrected chi connectivity index (χ3v) is 6.54. The number of carbonyl (C=O) groups is 2. The van der Waals surface area contributed by atoms with Crippen LogP contribution in [0.4, 0.5) is 10.1 Å². The van der Waals surface area contributed by atoms with Gasteiger partial charge in [-0.25, -0.2) is 9.18 Å². The molecule has 0 unspecified atom stereocenters. The predicted molar refractivity (Wildman–Crippen MR) is 112 cm³/mol. The number of hydrogen-bond acceptors (Lipinski definition) is 5. The van der Waals surface area contributed by atoms with E-state index in [2.05, 4.69) is 4.90 Å². The van der Waals surface area contributed by atoms with Crippen LogP contribution in [0.3, 0.4) is 0 Å². The lowest BCUT2D eigenvalue weighted by molar-refractivity contribution is -0.127. The van der Waals surface area contributed by atoms with Gasteiger partial charge in [0.2, 0.25) is 5.43 Å². The Hall–Kier alpha value is -2.74. The number of rotatable bonds is 5. The summed E-state index contributed by atoms with van der Waals surface area (Å²) in [5.74, 6) is -1.75. The third-order valence-electron chi connectivity index (χ3n) is 6.54. The molecule has 4 rings (SSSR count). The van der Waals surface area contributed by atoms with Crippen LogP contribution in [0, 0.1) is 5.82 Å². The van der Waals surface area contributed by atoms with Gasteiger partial charge in [0.15, 0.2) is 0 Å². The van der Waals surface area contributed by atoms with Crippen molar-refractivity contribution >= 4 is 28.3 Å². The van der Waals surface area contributed by atoms with E-state index in [4.69, 9.17) is 0 Å². The number of fused-ring (bicyclic) bond motifs is 1. The van der Waals surface area contributed by atoms with Crippen LogP contribution in [0.25, 0.3) is 10.9 Å². The summed E-state index contributed by atoms with van der Waals surface area (Å²) in [5, 5.41) is 9.46. The molecule has 0 atom stereocenters. The number of carboxylic acid groups (broad SMARTS) is 1. The minimum Gasteiger partial charge on any atom is -0.477 e. The number of carbonyl (C=O) groups excluding carboxylic acids is 1. The van der Waals surface area contributed by atoms with E-state index in [-0.39, 0.29) is 22.8 Å². The minimum atomic E-state index is -1.30. The summed E-state index contributed by atoms with van der Waals surface area (Å²) in [6.45, 7) is 7.73. The molecule has 2 fully saturated rings. The van der Waals surface area contributed by atoms with E-state index in [1.165, 1.54) is 12.3 Å². The van der Waals surface area contributed by atoms with E-state index in [0.717, 1.165) is 12.8 Å². The van der Waals surface area contributed by atoms with Crippen LogP contribution >= 0.6 is 0 Å². The van der Waals surface area contributed by atoms with Gasteiger partial charge in [0.05, 0.1) is 16.7 Å².